The Labute approximate surface area is 129 Å². The third-order valence-corrected chi connectivity index (χ3v) is 5.99. The summed E-state index contributed by atoms with van der Waals surface area (Å²) in [6.45, 7) is 3.64. The first-order chi connectivity index (χ1) is 9.76. The summed E-state index contributed by atoms with van der Waals surface area (Å²) in [5, 5.41) is 0. The minimum Gasteiger partial charge on any atom is -0.379 e. The zero-order valence-corrected chi connectivity index (χ0v) is 13.2. The molecular formula is C14H22ClN3OS. The van der Waals surface area contributed by atoms with Gasteiger partial charge in [0.05, 0.1) is 23.6 Å². The van der Waals surface area contributed by atoms with Crippen molar-refractivity contribution in [1.29, 1.82) is 0 Å². The molecule has 1 unspecified atom stereocenters. The molecule has 20 heavy (non-hydrogen) atoms. The summed E-state index contributed by atoms with van der Waals surface area (Å²) in [7, 11) is 0. The van der Waals surface area contributed by atoms with Crippen molar-refractivity contribution in [3.8, 4) is 0 Å². The van der Waals surface area contributed by atoms with E-state index in [9.17, 15) is 0 Å². The van der Waals surface area contributed by atoms with Gasteiger partial charge in [-0.25, -0.2) is 0 Å². The van der Waals surface area contributed by atoms with E-state index in [1.54, 1.807) is 11.3 Å². The average Bonchev–Trinajstić information content (AvgIpc) is 3.12. The summed E-state index contributed by atoms with van der Waals surface area (Å²) in [6, 6.07) is 4.23. The highest BCUT2D eigenvalue weighted by molar-refractivity contribution is 7.16. The number of hydrogen-bond acceptors (Lipinski definition) is 5. The Balaban J connectivity index is 1.91. The van der Waals surface area contributed by atoms with Gasteiger partial charge in [-0.2, -0.15) is 0 Å². The molecule has 0 spiro atoms. The third kappa shape index (κ3) is 2.63. The molecule has 6 heteroatoms. The molecule has 0 bridgehead atoms. The van der Waals surface area contributed by atoms with Crippen LogP contribution in [-0.4, -0.2) is 36.7 Å². The van der Waals surface area contributed by atoms with Crippen LogP contribution in [0.4, 0.5) is 0 Å². The van der Waals surface area contributed by atoms with Gasteiger partial charge >= 0.3 is 0 Å². The summed E-state index contributed by atoms with van der Waals surface area (Å²) in [4.78, 5) is 3.83. The van der Waals surface area contributed by atoms with E-state index in [1.807, 2.05) is 6.07 Å². The Morgan fingerprint density at radius 1 is 1.30 bits per heavy atom. The fourth-order valence-electron chi connectivity index (χ4n) is 3.77. The van der Waals surface area contributed by atoms with Crippen LogP contribution in [0.1, 0.15) is 36.6 Å². The van der Waals surface area contributed by atoms with E-state index in [-0.39, 0.29) is 11.6 Å². The number of hydrazine groups is 1. The van der Waals surface area contributed by atoms with Crippen LogP contribution in [0.5, 0.6) is 0 Å². The summed E-state index contributed by atoms with van der Waals surface area (Å²) in [5.41, 5.74) is 3.20. The van der Waals surface area contributed by atoms with Crippen molar-refractivity contribution >= 4 is 22.9 Å². The van der Waals surface area contributed by atoms with E-state index in [0.29, 0.717) is 0 Å². The van der Waals surface area contributed by atoms with Crippen LogP contribution in [0.15, 0.2) is 12.1 Å². The van der Waals surface area contributed by atoms with Gasteiger partial charge < -0.3 is 4.74 Å². The fraction of sp³-hybridized carbons (Fsp3) is 0.714. The molecule has 4 nitrogen and oxygen atoms in total. The average molecular weight is 316 g/mol. The van der Waals surface area contributed by atoms with Gasteiger partial charge in [0.15, 0.2) is 0 Å². The Bertz CT molecular complexity index is 441. The van der Waals surface area contributed by atoms with E-state index >= 15 is 0 Å². The predicted molar refractivity (Wildman–Crippen MR) is 83.0 cm³/mol. The molecule has 2 fully saturated rings. The highest BCUT2D eigenvalue weighted by Gasteiger charge is 2.47. The first-order valence-electron chi connectivity index (χ1n) is 7.30. The lowest BCUT2D eigenvalue weighted by Crippen LogP contribution is -2.59. The van der Waals surface area contributed by atoms with Crippen LogP contribution >= 0.6 is 22.9 Å². The van der Waals surface area contributed by atoms with Gasteiger partial charge in [0.1, 0.15) is 0 Å². The molecule has 1 saturated carbocycles. The number of nitrogens with two attached hydrogens (primary N) is 1. The van der Waals surface area contributed by atoms with E-state index in [4.69, 9.17) is 22.2 Å². The van der Waals surface area contributed by atoms with Gasteiger partial charge in [0, 0.05) is 23.5 Å². The summed E-state index contributed by atoms with van der Waals surface area (Å²) < 4.78 is 6.34. The topological polar surface area (TPSA) is 50.5 Å². The van der Waals surface area contributed by atoms with Crippen LogP contribution in [0, 0.1) is 0 Å². The van der Waals surface area contributed by atoms with Crippen molar-refractivity contribution < 1.29 is 4.74 Å². The second kappa shape index (κ2) is 6.30. The number of morpholine rings is 1. The SMILES string of the molecule is NNC(c1ccc(Cl)s1)C1(N2CCOCC2)CCCC1. The number of hydrogen-bond donors (Lipinski definition) is 2. The van der Waals surface area contributed by atoms with Gasteiger partial charge in [-0.3, -0.25) is 16.2 Å². The molecule has 0 radical (unpaired) electrons. The van der Waals surface area contributed by atoms with Crippen LogP contribution < -0.4 is 11.3 Å². The largest absolute Gasteiger partial charge is 0.379 e. The van der Waals surface area contributed by atoms with E-state index in [0.717, 1.165) is 30.6 Å². The van der Waals surface area contributed by atoms with Crippen molar-refractivity contribution in [3.05, 3.63) is 21.3 Å². The number of thiophene rings is 1. The standard InChI is InChI=1S/C14H22ClN3OS/c15-12-4-3-11(20-12)13(17-16)14(5-1-2-6-14)18-7-9-19-10-8-18/h3-4,13,17H,1-2,5-10,16H2. The van der Waals surface area contributed by atoms with Crippen LogP contribution in [0.25, 0.3) is 0 Å². The van der Waals surface area contributed by atoms with Crippen molar-refractivity contribution in [2.24, 2.45) is 5.84 Å². The Hall–Kier alpha value is -0.170. The Kier molecular flexibility index (Phi) is 4.65. The van der Waals surface area contributed by atoms with Crippen LogP contribution in [0.2, 0.25) is 4.34 Å². The summed E-state index contributed by atoms with van der Waals surface area (Å²) in [5.74, 6) is 5.94. The maximum absolute atomic E-state index is 6.12. The Morgan fingerprint density at radius 2 is 2.00 bits per heavy atom. The molecule has 1 atom stereocenters. The van der Waals surface area contributed by atoms with Gasteiger partial charge in [-0.1, -0.05) is 24.4 Å². The molecule has 3 rings (SSSR count). The zero-order valence-electron chi connectivity index (χ0n) is 11.6. The lowest BCUT2D eigenvalue weighted by Gasteiger charge is -2.47. The quantitative estimate of drug-likeness (QED) is 0.662. The van der Waals surface area contributed by atoms with Gasteiger partial charge in [0.25, 0.3) is 0 Å². The number of rotatable bonds is 4. The first kappa shape index (κ1) is 14.8. The lowest BCUT2D eigenvalue weighted by atomic mass is 9.85. The maximum Gasteiger partial charge on any atom is 0.0931 e. The molecule has 1 saturated heterocycles. The monoisotopic (exact) mass is 315 g/mol. The van der Waals surface area contributed by atoms with Crippen LogP contribution in [-0.2, 0) is 4.74 Å². The van der Waals surface area contributed by atoms with Gasteiger partial charge in [-0.15, -0.1) is 11.3 Å². The molecule has 2 aliphatic rings. The van der Waals surface area contributed by atoms with Crippen molar-refractivity contribution in [2.45, 2.75) is 37.3 Å². The third-order valence-electron chi connectivity index (χ3n) is 4.69. The molecule has 3 N–H and O–H groups in total. The van der Waals surface area contributed by atoms with Crippen LogP contribution in [0.3, 0.4) is 0 Å². The molecular weight excluding hydrogens is 294 g/mol. The van der Waals surface area contributed by atoms with Crippen molar-refractivity contribution in [2.75, 3.05) is 26.3 Å². The Morgan fingerprint density at radius 3 is 2.55 bits per heavy atom. The smallest absolute Gasteiger partial charge is 0.0931 e. The van der Waals surface area contributed by atoms with E-state index < -0.39 is 0 Å². The normalized spacial score (nSPS) is 24.9. The lowest BCUT2D eigenvalue weighted by molar-refractivity contribution is -0.0359. The van der Waals surface area contributed by atoms with Gasteiger partial charge in [-0.05, 0) is 25.0 Å². The molecule has 0 aromatic carbocycles. The van der Waals surface area contributed by atoms with Gasteiger partial charge in [0.2, 0.25) is 0 Å². The van der Waals surface area contributed by atoms with Crippen molar-refractivity contribution in [1.82, 2.24) is 10.3 Å². The number of halogens is 1. The summed E-state index contributed by atoms with van der Waals surface area (Å²) >= 11 is 7.75. The van der Waals surface area contributed by atoms with E-state index in [2.05, 4.69) is 16.4 Å². The second-order valence-corrected chi connectivity index (χ2v) is 7.40. The highest BCUT2D eigenvalue weighted by Crippen LogP contribution is 2.46. The predicted octanol–water partition coefficient (Wildman–Crippen LogP) is 2.55. The summed E-state index contributed by atoms with van der Waals surface area (Å²) in [6.07, 6.45) is 4.93. The second-order valence-electron chi connectivity index (χ2n) is 5.65. The highest BCUT2D eigenvalue weighted by atomic mass is 35.5. The van der Waals surface area contributed by atoms with Crippen molar-refractivity contribution in [3.63, 3.8) is 0 Å². The number of ether oxygens (including phenoxy) is 1. The molecule has 112 valence electrons. The first-order valence-corrected chi connectivity index (χ1v) is 8.50. The molecule has 2 heterocycles. The molecule has 1 aliphatic carbocycles. The number of nitrogens with zero attached hydrogens (tertiary/aromatic N) is 1. The fourth-order valence-corrected chi connectivity index (χ4v) is 5.00. The van der Waals surface area contributed by atoms with E-state index in [1.165, 1.54) is 30.6 Å². The number of nitrogens with one attached hydrogen (secondary N) is 1. The molecule has 1 aliphatic heterocycles. The minimum absolute atomic E-state index is 0.118. The zero-order chi connectivity index (χ0) is 14.0. The molecule has 1 aromatic heterocycles. The molecule has 0 amide bonds. The maximum atomic E-state index is 6.12. The minimum atomic E-state index is 0.118. The molecule has 1 aromatic rings.